The van der Waals surface area contributed by atoms with E-state index in [9.17, 15) is 15.1 Å². The number of carboxylic acids is 1. The van der Waals surface area contributed by atoms with Gasteiger partial charge in [-0.25, -0.2) is 4.79 Å². The van der Waals surface area contributed by atoms with Crippen LogP contribution in [0.2, 0.25) is 0 Å². The van der Waals surface area contributed by atoms with Gasteiger partial charge in [-0.3, -0.25) is 0 Å². The van der Waals surface area contributed by atoms with Crippen LogP contribution in [0.25, 0.3) is 5.57 Å². The highest BCUT2D eigenvalue weighted by molar-refractivity contribution is 6.02. The summed E-state index contributed by atoms with van der Waals surface area (Å²) in [5.41, 5.74) is -0.338. The SMILES string of the molecule is CC1(C)C(C(=O)O)=C(c2ccccc2)C(C)(C)N1[O]. The van der Waals surface area contributed by atoms with Crippen molar-refractivity contribution < 1.29 is 15.1 Å². The molecule has 1 aliphatic heterocycles. The molecule has 1 radical (unpaired) electrons. The Labute approximate surface area is 112 Å². The Bertz CT molecular complexity index is 544. The minimum Gasteiger partial charge on any atom is -0.478 e. The van der Waals surface area contributed by atoms with Gasteiger partial charge in [0.15, 0.2) is 0 Å². The second-order valence-electron chi connectivity index (χ2n) is 5.83. The zero-order chi connectivity index (χ0) is 14.4. The van der Waals surface area contributed by atoms with Crippen molar-refractivity contribution in [1.82, 2.24) is 5.06 Å². The Morgan fingerprint density at radius 2 is 1.58 bits per heavy atom. The van der Waals surface area contributed by atoms with Crippen molar-refractivity contribution in [3.05, 3.63) is 41.5 Å². The molecule has 101 valence electrons. The van der Waals surface area contributed by atoms with Gasteiger partial charge in [0.2, 0.25) is 0 Å². The molecule has 0 aliphatic carbocycles. The van der Waals surface area contributed by atoms with Crippen molar-refractivity contribution in [3.63, 3.8) is 0 Å². The summed E-state index contributed by atoms with van der Waals surface area (Å²) in [6.45, 7) is 6.84. The van der Waals surface area contributed by atoms with Crippen molar-refractivity contribution in [2.75, 3.05) is 0 Å². The van der Waals surface area contributed by atoms with Gasteiger partial charge in [0.05, 0.1) is 16.7 Å². The van der Waals surface area contributed by atoms with Crippen molar-refractivity contribution in [2.45, 2.75) is 38.8 Å². The highest BCUT2D eigenvalue weighted by atomic mass is 16.5. The maximum Gasteiger partial charge on any atom is 0.333 e. The number of hydrogen-bond donors (Lipinski definition) is 1. The lowest BCUT2D eigenvalue weighted by atomic mass is 9.86. The molecule has 0 saturated carbocycles. The third-order valence-corrected chi connectivity index (χ3v) is 3.77. The summed E-state index contributed by atoms with van der Waals surface area (Å²) in [5, 5.41) is 22.8. The fourth-order valence-electron chi connectivity index (χ4n) is 2.98. The summed E-state index contributed by atoms with van der Waals surface area (Å²) in [7, 11) is 0. The molecule has 1 heterocycles. The molecule has 0 bridgehead atoms. The topological polar surface area (TPSA) is 60.4 Å². The van der Waals surface area contributed by atoms with Crippen LogP contribution in [0, 0.1) is 0 Å². The lowest BCUT2D eigenvalue weighted by molar-refractivity contribution is -0.237. The molecule has 0 spiro atoms. The molecule has 19 heavy (non-hydrogen) atoms. The van der Waals surface area contributed by atoms with E-state index < -0.39 is 17.0 Å². The number of carboxylic acid groups (broad SMARTS) is 1. The minimum atomic E-state index is -1.04. The molecule has 0 amide bonds. The molecule has 0 unspecified atom stereocenters. The molecule has 4 nitrogen and oxygen atoms in total. The van der Waals surface area contributed by atoms with Crippen molar-refractivity contribution in [1.29, 1.82) is 0 Å². The van der Waals surface area contributed by atoms with E-state index in [1.807, 2.05) is 30.3 Å². The predicted octanol–water partition coefficient (Wildman–Crippen LogP) is 2.74. The summed E-state index contributed by atoms with van der Waals surface area (Å²) < 4.78 is 0. The normalized spacial score (nSPS) is 21.7. The highest BCUT2D eigenvalue weighted by Crippen LogP contribution is 2.48. The van der Waals surface area contributed by atoms with E-state index in [0.717, 1.165) is 10.6 Å². The van der Waals surface area contributed by atoms with E-state index in [0.29, 0.717) is 5.57 Å². The quantitative estimate of drug-likeness (QED) is 0.889. The number of carbonyl (C=O) groups is 1. The van der Waals surface area contributed by atoms with Crippen LogP contribution >= 0.6 is 0 Å². The number of rotatable bonds is 2. The first kappa shape index (κ1) is 13.8. The molecule has 0 fully saturated rings. The van der Waals surface area contributed by atoms with E-state index in [1.54, 1.807) is 27.7 Å². The Morgan fingerprint density at radius 1 is 1.05 bits per heavy atom. The molecule has 0 aromatic heterocycles. The van der Waals surface area contributed by atoms with Gasteiger partial charge in [-0.15, -0.1) is 10.3 Å². The van der Waals surface area contributed by atoms with Crippen molar-refractivity contribution in [3.8, 4) is 0 Å². The predicted molar refractivity (Wildman–Crippen MR) is 71.7 cm³/mol. The van der Waals surface area contributed by atoms with Gasteiger partial charge in [-0.2, -0.15) is 0 Å². The maximum absolute atomic E-state index is 12.5. The van der Waals surface area contributed by atoms with Crippen molar-refractivity contribution in [2.24, 2.45) is 0 Å². The molecule has 4 heteroatoms. The zero-order valence-corrected chi connectivity index (χ0v) is 11.6. The van der Waals surface area contributed by atoms with E-state index in [-0.39, 0.29) is 5.57 Å². The summed E-state index contributed by atoms with van der Waals surface area (Å²) >= 11 is 0. The summed E-state index contributed by atoms with van der Waals surface area (Å²) in [6, 6.07) is 9.24. The maximum atomic E-state index is 12.5. The Balaban J connectivity index is 2.77. The van der Waals surface area contributed by atoms with Crippen LogP contribution in [-0.2, 0) is 10.0 Å². The fourth-order valence-corrected chi connectivity index (χ4v) is 2.98. The van der Waals surface area contributed by atoms with E-state index in [2.05, 4.69) is 0 Å². The molecule has 1 aromatic carbocycles. The summed E-state index contributed by atoms with van der Waals surface area (Å²) in [4.78, 5) is 11.6. The zero-order valence-electron chi connectivity index (χ0n) is 11.6. The number of aliphatic carboxylic acids is 1. The van der Waals surface area contributed by atoms with Crippen LogP contribution in [0.4, 0.5) is 0 Å². The molecule has 0 atom stereocenters. The fraction of sp³-hybridized carbons (Fsp3) is 0.400. The Hall–Kier alpha value is -1.65. The van der Waals surface area contributed by atoms with Gasteiger partial charge in [0, 0.05) is 0 Å². The Kier molecular flexibility index (Phi) is 3.03. The van der Waals surface area contributed by atoms with Crippen LogP contribution in [0.5, 0.6) is 0 Å². The lowest BCUT2D eigenvalue weighted by Crippen LogP contribution is -2.48. The third kappa shape index (κ3) is 1.88. The first-order valence-electron chi connectivity index (χ1n) is 6.22. The molecule has 2 rings (SSSR count). The van der Waals surface area contributed by atoms with Gasteiger partial charge < -0.3 is 5.11 Å². The number of nitrogens with zero attached hydrogens (tertiary/aromatic N) is 1. The molecule has 0 saturated heterocycles. The van der Waals surface area contributed by atoms with Crippen LogP contribution in [-0.4, -0.2) is 27.2 Å². The van der Waals surface area contributed by atoms with Crippen LogP contribution < -0.4 is 0 Å². The van der Waals surface area contributed by atoms with E-state index >= 15 is 0 Å². The molecule has 1 aliphatic rings. The Morgan fingerprint density at radius 3 is 2.05 bits per heavy atom. The first-order chi connectivity index (χ1) is 8.70. The average molecular weight is 260 g/mol. The molecular weight excluding hydrogens is 242 g/mol. The number of hydroxylamine groups is 2. The summed E-state index contributed by atoms with van der Waals surface area (Å²) in [5.74, 6) is -1.03. The van der Waals surface area contributed by atoms with Gasteiger partial charge in [-0.05, 0) is 38.8 Å². The summed E-state index contributed by atoms with van der Waals surface area (Å²) in [6.07, 6.45) is 0. The van der Waals surface area contributed by atoms with Gasteiger partial charge in [0.1, 0.15) is 0 Å². The monoisotopic (exact) mass is 260 g/mol. The van der Waals surface area contributed by atoms with Crippen LogP contribution in [0.3, 0.4) is 0 Å². The molecule has 1 aromatic rings. The van der Waals surface area contributed by atoms with Gasteiger partial charge >= 0.3 is 5.97 Å². The number of benzene rings is 1. The minimum absolute atomic E-state index is 0.179. The van der Waals surface area contributed by atoms with Gasteiger partial charge in [-0.1, -0.05) is 30.3 Å². The van der Waals surface area contributed by atoms with E-state index in [4.69, 9.17) is 0 Å². The van der Waals surface area contributed by atoms with E-state index in [1.165, 1.54) is 0 Å². The third-order valence-electron chi connectivity index (χ3n) is 3.77. The lowest BCUT2D eigenvalue weighted by Gasteiger charge is -2.34. The van der Waals surface area contributed by atoms with Crippen LogP contribution in [0.1, 0.15) is 33.3 Å². The molecular formula is C15H18NO3. The average Bonchev–Trinajstić information content (AvgIpc) is 2.48. The number of hydrogen-bond acceptors (Lipinski definition) is 2. The van der Waals surface area contributed by atoms with Gasteiger partial charge in [0.25, 0.3) is 0 Å². The molecule has 1 N–H and O–H groups in total. The smallest absolute Gasteiger partial charge is 0.333 e. The first-order valence-corrected chi connectivity index (χ1v) is 6.22. The second-order valence-corrected chi connectivity index (χ2v) is 5.83. The largest absolute Gasteiger partial charge is 0.478 e. The highest BCUT2D eigenvalue weighted by Gasteiger charge is 2.54. The van der Waals surface area contributed by atoms with Crippen LogP contribution in [0.15, 0.2) is 35.9 Å². The second kappa shape index (κ2) is 4.18. The van der Waals surface area contributed by atoms with Crippen molar-refractivity contribution >= 4 is 11.5 Å². The standard InChI is InChI=1S/C15H18NO3/c1-14(2)11(10-8-6-5-7-9-10)12(13(17)18)15(3,4)16(14)19/h5-9H,1-4H3,(H,17,18).